The van der Waals surface area contributed by atoms with Crippen LogP contribution in [-0.2, 0) is 10.0 Å². The largest absolute Gasteiger partial charge is 0.393 e. The van der Waals surface area contributed by atoms with Gasteiger partial charge in [0.2, 0.25) is 0 Å². The molecule has 0 aliphatic rings. The van der Waals surface area contributed by atoms with Crippen LogP contribution in [0, 0.1) is 20.8 Å². The molecule has 0 aliphatic heterocycles. The van der Waals surface area contributed by atoms with Crippen molar-refractivity contribution in [2.45, 2.75) is 25.7 Å². The van der Waals surface area contributed by atoms with Gasteiger partial charge >= 0.3 is 0 Å². The Morgan fingerprint density at radius 3 is 2.38 bits per heavy atom. The van der Waals surface area contributed by atoms with Gasteiger partial charge in [0.15, 0.2) is 11.6 Å². The Morgan fingerprint density at radius 1 is 1.08 bits per heavy atom. The normalized spacial score (nSPS) is 11.5. The molecule has 2 aromatic heterocycles. The Hall–Kier alpha value is -2.98. The highest BCUT2D eigenvalue weighted by Gasteiger charge is 2.17. The van der Waals surface area contributed by atoms with Gasteiger partial charge in [0.25, 0.3) is 10.0 Å². The maximum absolute atomic E-state index is 12.4. The summed E-state index contributed by atoms with van der Waals surface area (Å²) in [5.41, 5.74) is 11.4. The van der Waals surface area contributed by atoms with E-state index in [0.717, 1.165) is 17.0 Å². The number of rotatable bonds is 5. The first-order chi connectivity index (χ1) is 12.3. The van der Waals surface area contributed by atoms with Crippen molar-refractivity contribution in [1.29, 1.82) is 0 Å². The second kappa shape index (κ2) is 6.73. The Bertz CT molecular complexity index is 1040. The summed E-state index contributed by atoms with van der Waals surface area (Å²) in [5.74, 6) is 0.501. The summed E-state index contributed by atoms with van der Waals surface area (Å²) in [7, 11) is -3.77. The molecule has 0 saturated heterocycles. The van der Waals surface area contributed by atoms with Crippen LogP contribution in [0.3, 0.4) is 0 Å². The first-order valence-corrected chi connectivity index (χ1v) is 9.25. The highest BCUT2D eigenvalue weighted by atomic mass is 32.2. The molecule has 4 N–H and O–H groups in total. The molecular weight excluding hydrogens is 354 g/mol. The lowest BCUT2D eigenvalue weighted by Gasteiger charge is -2.13. The molecule has 10 heteroatoms. The fourth-order valence-corrected chi connectivity index (χ4v) is 3.23. The zero-order valence-electron chi connectivity index (χ0n) is 14.6. The summed E-state index contributed by atoms with van der Waals surface area (Å²) in [6.07, 6.45) is 1.28. The van der Waals surface area contributed by atoms with Crippen molar-refractivity contribution in [3.63, 3.8) is 0 Å². The lowest BCUT2D eigenvalue weighted by molar-refractivity contribution is 0.587. The minimum Gasteiger partial charge on any atom is -0.393 e. The van der Waals surface area contributed by atoms with Crippen LogP contribution in [0.2, 0.25) is 0 Å². The fourth-order valence-electron chi connectivity index (χ4n) is 2.39. The van der Waals surface area contributed by atoms with Gasteiger partial charge in [-0.3, -0.25) is 5.43 Å². The Morgan fingerprint density at radius 2 is 1.77 bits per heavy atom. The SMILES string of the molecule is Cc1ccc(S(=O)(=O)NNc2ncnc(-n3nc(C)cc3C)c2N)cc1. The monoisotopic (exact) mass is 373 g/mol. The van der Waals surface area contributed by atoms with E-state index in [2.05, 4.69) is 25.3 Å². The minimum absolute atomic E-state index is 0.127. The number of nitrogens with two attached hydrogens (primary N) is 1. The van der Waals surface area contributed by atoms with Gasteiger partial charge in [0.1, 0.15) is 12.0 Å². The van der Waals surface area contributed by atoms with Crippen LogP contribution in [0.5, 0.6) is 0 Å². The third-order valence-corrected chi connectivity index (χ3v) is 4.97. The Balaban J connectivity index is 1.86. The molecule has 0 unspecified atom stereocenters. The van der Waals surface area contributed by atoms with Crippen LogP contribution in [0.1, 0.15) is 17.0 Å². The molecule has 3 aromatic rings. The highest BCUT2D eigenvalue weighted by Crippen LogP contribution is 2.22. The molecule has 136 valence electrons. The van der Waals surface area contributed by atoms with Gasteiger partial charge in [-0.1, -0.05) is 17.7 Å². The zero-order chi connectivity index (χ0) is 18.9. The molecule has 0 aliphatic carbocycles. The van der Waals surface area contributed by atoms with Gasteiger partial charge < -0.3 is 5.73 Å². The minimum atomic E-state index is -3.77. The average Bonchev–Trinajstić information content (AvgIpc) is 2.92. The van der Waals surface area contributed by atoms with Gasteiger partial charge in [0, 0.05) is 5.69 Å². The highest BCUT2D eigenvalue weighted by molar-refractivity contribution is 7.89. The average molecular weight is 373 g/mol. The number of aromatic nitrogens is 4. The summed E-state index contributed by atoms with van der Waals surface area (Å²) in [5, 5.41) is 4.33. The number of nitrogens with one attached hydrogen (secondary N) is 2. The number of nitrogen functional groups attached to an aromatic ring is 1. The van der Waals surface area contributed by atoms with E-state index in [1.807, 2.05) is 26.8 Å². The maximum atomic E-state index is 12.4. The second-order valence-electron chi connectivity index (χ2n) is 5.84. The number of sulfonamides is 1. The first-order valence-electron chi connectivity index (χ1n) is 7.76. The number of hydrogen-bond donors (Lipinski definition) is 3. The van der Waals surface area contributed by atoms with E-state index in [-0.39, 0.29) is 16.4 Å². The molecular formula is C16H19N7O2S. The summed E-state index contributed by atoms with van der Waals surface area (Å²) in [4.78, 5) is 10.5. The molecule has 2 heterocycles. The number of nitrogens with zero attached hydrogens (tertiary/aromatic N) is 4. The van der Waals surface area contributed by atoms with Crippen LogP contribution in [0.4, 0.5) is 11.5 Å². The van der Waals surface area contributed by atoms with Crippen LogP contribution in [0.15, 0.2) is 41.6 Å². The summed E-state index contributed by atoms with van der Waals surface area (Å²) in [6, 6.07) is 8.35. The lowest BCUT2D eigenvalue weighted by atomic mass is 10.2. The Kier molecular flexibility index (Phi) is 4.62. The maximum Gasteiger partial charge on any atom is 0.257 e. The number of aryl methyl sites for hydroxylation is 3. The van der Waals surface area contributed by atoms with E-state index in [0.29, 0.717) is 5.82 Å². The standard InChI is InChI=1S/C16H19N7O2S/c1-10-4-6-13(7-5-10)26(24,25)22-20-15-14(17)16(19-9-18-15)23-12(3)8-11(2)21-23/h4-9,22H,17H2,1-3H3,(H,18,19,20). The van der Waals surface area contributed by atoms with Gasteiger partial charge in [-0.2, -0.15) is 5.10 Å². The van der Waals surface area contributed by atoms with Crippen molar-refractivity contribution in [3.8, 4) is 5.82 Å². The molecule has 0 spiro atoms. The number of hydrazine groups is 1. The van der Waals surface area contributed by atoms with Crippen molar-refractivity contribution in [2.24, 2.45) is 0 Å². The molecule has 1 aromatic carbocycles. The van der Waals surface area contributed by atoms with E-state index in [4.69, 9.17) is 5.73 Å². The predicted octanol–water partition coefficient (Wildman–Crippen LogP) is 1.48. The van der Waals surface area contributed by atoms with Gasteiger partial charge in [-0.05, 0) is 39.0 Å². The van der Waals surface area contributed by atoms with Gasteiger partial charge in [-0.25, -0.2) is 23.1 Å². The van der Waals surface area contributed by atoms with E-state index >= 15 is 0 Å². The summed E-state index contributed by atoms with van der Waals surface area (Å²) >= 11 is 0. The molecule has 9 nitrogen and oxygen atoms in total. The van der Waals surface area contributed by atoms with Crippen molar-refractivity contribution >= 4 is 21.5 Å². The van der Waals surface area contributed by atoms with Crippen molar-refractivity contribution < 1.29 is 8.42 Å². The van der Waals surface area contributed by atoms with Crippen LogP contribution in [-0.4, -0.2) is 28.2 Å². The number of benzene rings is 1. The Labute approximate surface area is 151 Å². The molecule has 0 radical (unpaired) electrons. The molecule has 26 heavy (non-hydrogen) atoms. The van der Waals surface area contributed by atoms with E-state index in [9.17, 15) is 8.42 Å². The third-order valence-electron chi connectivity index (χ3n) is 3.71. The van der Waals surface area contributed by atoms with E-state index < -0.39 is 10.0 Å². The summed E-state index contributed by atoms with van der Waals surface area (Å²) in [6.45, 7) is 5.61. The first kappa shape index (κ1) is 17.8. The molecule has 0 saturated carbocycles. The number of hydrogen-bond acceptors (Lipinski definition) is 7. The van der Waals surface area contributed by atoms with Gasteiger partial charge in [0.05, 0.1) is 10.6 Å². The van der Waals surface area contributed by atoms with E-state index in [1.165, 1.54) is 18.5 Å². The molecule has 0 atom stereocenters. The smallest absolute Gasteiger partial charge is 0.257 e. The van der Waals surface area contributed by atoms with Crippen LogP contribution >= 0.6 is 0 Å². The predicted molar refractivity (Wildman–Crippen MR) is 98.2 cm³/mol. The van der Waals surface area contributed by atoms with Crippen molar-refractivity contribution in [1.82, 2.24) is 24.6 Å². The molecule has 0 amide bonds. The van der Waals surface area contributed by atoms with E-state index in [1.54, 1.807) is 16.8 Å². The lowest BCUT2D eigenvalue weighted by Crippen LogP contribution is -2.30. The van der Waals surface area contributed by atoms with Crippen LogP contribution in [0.25, 0.3) is 5.82 Å². The second-order valence-corrected chi connectivity index (χ2v) is 7.52. The quantitative estimate of drug-likeness (QED) is 0.578. The topological polar surface area (TPSA) is 128 Å². The fraction of sp³-hybridized carbons (Fsp3) is 0.188. The van der Waals surface area contributed by atoms with Crippen LogP contribution < -0.4 is 16.0 Å². The number of anilines is 2. The molecule has 3 rings (SSSR count). The zero-order valence-corrected chi connectivity index (χ0v) is 15.4. The van der Waals surface area contributed by atoms with Crippen molar-refractivity contribution in [2.75, 3.05) is 11.2 Å². The molecule has 0 bridgehead atoms. The van der Waals surface area contributed by atoms with Gasteiger partial charge in [-0.15, -0.1) is 4.83 Å². The third kappa shape index (κ3) is 3.51. The summed E-state index contributed by atoms with van der Waals surface area (Å²) < 4.78 is 26.3. The molecule has 0 fully saturated rings. The van der Waals surface area contributed by atoms with Crippen molar-refractivity contribution in [3.05, 3.63) is 53.6 Å².